The first-order valence-corrected chi connectivity index (χ1v) is 2.34. The van der Waals surface area contributed by atoms with E-state index in [-0.39, 0.29) is 0 Å². The molecule has 2 nitrogen and oxygen atoms in total. The molecule has 0 aromatic rings. The number of aliphatic hydroxyl groups is 1. The van der Waals surface area contributed by atoms with Crippen LogP contribution in [0.25, 0.3) is 0 Å². The number of aldehydes is 1. The first-order chi connectivity index (χ1) is 3.33. The highest BCUT2D eigenvalue weighted by molar-refractivity contribution is 5.44. The number of hydrogen-bond donors (Lipinski definition) is 1. The van der Waals surface area contributed by atoms with Crippen LogP contribution in [-0.4, -0.2) is 18.0 Å². The molecule has 0 amide bonds. The van der Waals surface area contributed by atoms with Gasteiger partial charge >= 0.3 is 0 Å². The van der Waals surface area contributed by atoms with Crippen LogP contribution in [-0.2, 0) is 4.79 Å². The maximum Gasteiger partial charge on any atom is 0.116 e. The Balaban J connectivity index is 0. The molecule has 0 aliphatic heterocycles. The fourth-order valence-electron chi connectivity index (χ4n) is 0. The molecular formula is C5H12O2. The van der Waals surface area contributed by atoms with E-state index in [1.165, 1.54) is 6.92 Å². The van der Waals surface area contributed by atoms with Crippen LogP contribution in [0.5, 0.6) is 0 Å². The molecule has 0 aromatic heterocycles. The maximum absolute atomic E-state index is 8.81. The van der Waals surface area contributed by atoms with Gasteiger partial charge in [-0.25, -0.2) is 0 Å². The van der Waals surface area contributed by atoms with Crippen molar-refractivity contribution >= 4 is 6.29 Å². The summed E-state index contributed by atoms with van der Waals surface area (Å²) in [5.74, 6) is 0. The average molecular weight is 104 g/mol. The molecule has 0 bridgehead atoms. The van der Waals surface area contributed by atoms with Crippen molar-refractivity contribution in [3.8, 4) is 0 Å². The Bertz CT molecular complexity index is 25.3. The second-order valence-corrected chi connectivity index (χ2v) is 0.959. The highest BCUT2D eigenvalue weighted by Gasteiger charge is 1.57. The number of aliphatic hydroxyl groups excluding tert-OH is 1. The van der Waals surface area contributed by atoms with Crippen LogP contribution in [0.3, 0.4) is 0 Å². The monoisotopic (exact) mass is 104 g/mol. The number of carbonyl (C=O) groups is 1. The molecule has 0 aliphatic carbocycles. The third-order valence-electron chi connectivity index (χ3n) is 0.224. The lowest BCUT2D eigenvalue weighted by molar-refractivity contribution is -0.106. The molecule has 0 saturated carbocycles. The van der Waals surface area contributed by atoms with E-state index in [0.717, 1.165) is 12.7 Å². The van der Waals surface area contributed by atoms with E-state index in [1.54, 1.807) is 0 Å². The minimum Gasteiger partial charge on any atom is -0.396 e. The fraction of sp³-hybridized carbons (Fsp3) is 0.800. The van der Waals surface area contributed by atoms with Gasteiger partial charge in [-0.15, -0.1) is 0 Å². The van der Waals surface area contributed by atoms with Crippen LogP contribution < -0.4 is 0 Å². The van der Waals surface area contributed by atoms with Gasteiger partial charge in [0.15, 0.2) is 0 Å². The van der Waals surface area contributed by atoms with Gasteiger partial charge < -0.3 is 9.90 Å². The van der Waals surface area contributed by atoms with Gasteiger partial charge in [0.25, 0.3) is 0 Å². The Morgan fingerprint density at radius 3 is 1.86 bits per heavy atom. The zero-order chi connectivity index (χ0) is 6.12. The lowest BCUT2D eigenvalue weighted by Gasteiger charge is -1.69. The third kappa shape index (κ3) is 187. The molecule has 0 atom stereocenters. The molecule has 0 saturated heterocycles. The lowest BCUT2D eigenvalue weighted by atomic mass is 10.5. The van der Waals surface area contributed by atoms with Crippen LogP contribution in [0.4, 0.5) is 0 Å². The van der Waals surface area contributed by atoms with Gasteiger partial charge in [-0.1, -0.05) is 6.92 Å². The van der Waals surface area contributed by atoms with Crippen molar-refractivity contribution in [2.45, 2.75) is 20.3 Å². The van der Waals surface area contributed by atoms with Gasteiger partial charge in [0.2, 0.25) is 0 Å². The smallest absolute Gasteiger partial charge is 0.116 e. The van der Waals surface area contributed by atoms with Crippen molar-refractivity contribution in [2.24, 2.45) is 0 Å². The first-order valence-electron chi connectivity index (χ1n) is 2.34. The molecule has 0 aromatic carbocycles. The summed E-state index contributed by atoms with van der Waals surface area (Å²) >= 11 is 0. The molecule has 0 heterocycles. The SMILES string of the molecule is CC=O.CCCO. The van der Waals surface area contributed by atoms with E-state index in [2.05, 4.69) is 0 Å². The van der Waals surface area contributed by atoms with E-state index in [1.807, 2.05) is 6.92 Å². The second-order valence-electron chi connectivity index (χ2n) is 0.959. The van der Waals surface area contributed by atoms with Crippen LogP contribution in [0.15, 0.2) is 0 Å². The molecule has 0 radical (unpaired) electrons. The summed E-state index contributed by atoms with van der Waals surface area (Å²) in [5.41, 5.74) is 0. The summed E-state index contributed by atoms with van der Waals surface area (Å²) in [6.07, 6.45) is 1.62. The molecule has 44 valence electrons. The highest BCUT2D eigenvalue weighted by atomic mass is 16.2. The van der Waals surface area contributed by atoms with E-state index < -0.39 is 0 Å². The molecular weight excluding hydrogens is 92.1 g/mol. The largest absolute Gasteiger partial charge is 0.396 e. The third-order valence-corrected chi connectivity index (χ3v) is 0.224. The standard InChI is InChI=1S/C3H8O.C2H4O/c1-2-3-4;1-2-3/h4H,2-3H2,1H3;2H,1H3. The Morgan fingerprint density at radius 1 is 1.71 bits per heavy atom. The fourth-order valence-corrected chi connectivity index (χ4v) is 0. The Morgan fingerprint density at radius 2 is 1.86 bits per heavy atom. The van der Waals surface area contributed by atoms with Crippen molar-refractivity contribution < 1.29 is 9.90 Å². The van der Waals surface area contributed by atoms with Crippen molar-refractivity contribution in [3.63, 3.8) is 0 Å². The zero-order valence-corrected chi connectivity index (χ0v) is 4.85. The van der Waals surface area contributed by atoms with E-state index in [4.69, 9.17) is 9.90 Å². The van der Waals surface area contributed by atoms with E-state index >= 15 is 0 Å². The normalized spacial score (nSPS) is 6.14. The summed E-state index contributed by atoms with van der Waals surface area (Å²) in [6, 6.07) is 0. The lowest BCUT2D eigenvalue weighted by Crippen LogP contribution is -1.69. The van der Waals surface area contributed by atoms with Gasteiger partial charge in [-0.05, 0) is 13.3 Å². The van der Waals surface area contributed by atoms with Gasteiger partial charge in [0, 0.05) is 6.61 Å². The highest BCUT2D eigenvalue weighted by Crippen LogP contribution is 1.61. The molecule has 0 fully saturated rings. The molecule has 0 rings (SSSR count). The summed E-state index contributed by atoms with van der Waals surface area (Å²) in [6.45, 7) is 3.69. The summed E-state index contributed by atoms with van der Waals surface area (Å²) in [4.78, 5) is 8.81. The molecule has 1 N–H and O–H groups in total. The van der Waals surface area contributed by atoms with Gasteiger partial charge in [-0.2, -0.15) is 0 Å². The first kappa shape index (κ1) is 9.80. The van der Waals surface area contributed by atoms with Gasteiger partial charge in [0.1, 0.15) is 6.29 Å². The van der Waals surface area contributed by atoms with Gasteiger partial charge in [0.05, 0.1) is 0 Å². The Kier molecular flexibility index (Phi) is 24.4. The Hall–Kier alpha value is -0.370. The summed E-state index contributed by atoms with van der Waals surface area (Å²) in [7, 11) is 0. The van der Waals surface area contributed by atoms with Crippen LogP contribution >= 0.6 is 0 Å². The number of carbonyl (C=O) groups excluding carboxylic acids is 1. The van der Waals surface area contributed by atoms with Crippen molar-refractivity contribution in [2.75, 3.05) is 6.61 Å². The topological polar surface area (TPSA) is 37.3 Å². The molecule has 2 heteroatoms. The summed E-state index contributed by atoms with van der Waals surface area (Å²) in [5, 5.41) is 7.88. The van der Waals surface area contributed by atoms with Crippen LogP contribution in [0.1, 0.15) is 20.3 Å². The predicted molar refractivity (Wildman–Crippen MR) is 29.1 cm³/mol. The zero-order valence-electron chi connectivity index (χ0n) is 4.85. The second kappa shape index (κ2) is 17.4. The van der Waals surface area contributed by atoms with Crippen molar-refractivity contribution in [3.05, 3.63) is 0 Å². The molecule has 0 spiro atoms. The van der Waals surface area contributed by atoms with Crippen molar-refractivity contribution in [1.29, 1.82) is 0 Å². The predicted octanol–water partition coefficient (Wildman–Crippen LogP) is 0.594. The van der Waals surface area contributed by atoms with E-state index in [0.29, 0.717) is 6.61 Å². The summed E-state index contributed by atoms with van der Waals surface area (Å²) < 4.78 is 0. The average Bonchev–Trinajstić information content (AvgIpc) is 1.69. The minimum absolute atomic E-state index is 0.319. The number of hydrogen-bond acceptors (Lipinski definition) is 2. The minimum atomic E-state index is 0.319. The quantitative estimate of drug-likeness (QED) is 0.494. The molecule has 7 heavy (non-hydrogen) atoms. The van der Waals surface area contributed by atoms with Gasteiger partial charge in [-0.3, -0.25) is 0 Å². The maximum atomic E-state index is 8.81. The van der Waals surface area contributed by atoms with Crippen LogP contribution in [0, 0.1) is 0 Å². The number of rotatable bonds is 1. The van der Waals surface area contributed by atoms with Crippen molar-refractivity contribution in [1.82, 2.24) is 0 Å². The van der Waals surface area contributed by atoms with E-state index in [9.17, 15) is 0 Å². The molecule has 0 unspecified atom stereocenters. The van der Waals surface area contributed by atoms with Crippen LogP contribution in [0.2, 0.25) is 0 Å². The molecule has 0 aliphatic rings. The Labute approximate surface area is 44.2 Å².